The van der Waals surface area contributed by atoms with Crippen LogP contribution in [-0.2, 0) is 25.9 Å². The zero-order valence-corrected chi connectivity index (χ0v) is 20.6. The molecule has 0 radical (unpaired) electrons. The lowest BCUT2D eigenvalue weighted by Gasteiger charge is -2.31. The smallest absolute Gasteiger partial charge is 0.267 e. The van der Waals surface area contributed by atoms with Crippen molar-refractivity contribution in [2.24, 2.45) is 0 Å². The summed E-state index contributed by atoms with van der Waals surface area (Å²) >= 11 is 1.39. The number of amides is 1. The molecule has 0 unspecified atom stereocenters. The number of benzene rings is 1. The minimum atomic E-state index is -3.69. The number of hydrogen-bond donors (Lipinski definition) is 1. The lowest BCUT2D eigenvalue weighted by Crippen LogP contribution is -2.40. The Morgan fingerprint density at radius 1 is 1.12 bits per heavy atom. The molecule has 1 amide bonds. The molecule has 2 fully saturated rings. The summed E-state index contributed by atoms with van der Waals surface area (Å²) in [6, 6.07) is 4.95. The van der Waals surface area contributed by atoms with Crippen LogP contribution in [0.1, 0.15) is 33.7 Å². The van der Waals surface area contributed by atoms with Crippen molar-refractivity contribution < 1.29 is 22.7 Å². The van der Waals surface area contributed by atoms with E-state index >= 15 is 0 Å². The summed E-state index contributed by atoms with van der Waals surface area (Å²) in [4.78, 5) is 20.5. The van der Waals surface area contributed by atoms with E-state index in [9.17, 15) is 13.2 Å². The van der Waals surface area contributed by atoms with Crippen LogP contribution in [0.2, 0.25) is 0 Å². The van der Waals surface area contributed by atoms with Gasteiger partial charge in [0.15, 0.2) is 0 Å². The molecule has 11 heteroatoms. The molecule has 0 bridgehead atoms. The van der Waals surface area contributed by atoms with Crippen LogP contribution in [0.25, 0.3) is 0 Å². The first kappa shape index (κ1) is 24.1. The maximum atomic E-state index is 13.2. The second-order valence-electron chi connectivity index (χ2n) is 8.02. The van der Waals surface area contributed by atoms with Gasteiger partial charge in [-0.25, -0.2) is 13.4 Å². The molecule has 9 nitrogen and oxygen atoms in total. The van der Waals surface area contributed by atoms with Crippen LogP contribution >= 0.6 is 11.3 Å². The van der Waals surface area contributed by atoms with E-state index in [0.29, 0.717) is 68.9 Å². The van der Waals surface area contributed by atoms with Gasteiger partial charge < -0.3 is 19.7 Å². The first-order chi connectivity index (χ1) is 15.9. The fraction of sp³-hybridized carbons (Fsp3) is 0.545. The van der Waals surface area contributed by atoms with Crippen molar-refractivity contribution in [2.75, 3.05) is 62.8 Å². The molecule has 1 aromatic carbocycles. The molecule has 180 valence electrons. The van der Waals surface area contributed by atoms with E-state index in [1.54, 1.807) is 18.2 Å². The molecule has 0 spiro atoms. The quantitative estimate of drug-likeness (QED) is 0.631. The summed E-state index contributed by atoms with van der Waals surface area (Å²) in [6.07, 6.45) is 1.78. The van der Waals surface area contributed by atoms with Crippen LogP contribution in [0.4, 0.5) is 11.4 Å². The average molecular weight is 495 g/mol. The van der Waals surface area contributed by atoms with E-state index in [4.69, 9.17) is 9.47 Å². The van der Waals surface area contributed by atoms with Crippen molar-refractivity contribution >= 4 is 38.6 Å². The number of morpholine rings is 2. The van der Waals surface area contributed by atoms with Gasteiger partial charge in [0.1, 0.15) is 4.88 Å². The lowest BCUT2D eigenvalue weighted by atomic mass is 10.2. The van der Waals surface area contributed by atoms with E-state index in [2.05, 4.69) is 22.1 Å². The van der Waals surface area contributed by atoms with Crippen molar-refractivity contribution in [3.63, 3.8) is 0 Å². The number of aryl methyl sites for hydroxylation is 2. The zero-order chi connectivity index (χ0) is 23.4. The number of carbonyl (C=O) groups is 1. The van der Waals surface area contributed by atoms with Crippen molar-refractivity contribution in [3.05, 3.63) is 33.8 Å². The topological polar surface area (TPSA) is 101 Å². The van der Waals surface area contributed by atoms with E-state index < -0.39 is 10.0 Å². The van der Waals surface area contributed by atoms with Crippen LogP contribution in [0, 0.1) is 6.92 Å². The Labute approximate surface area is 198 Å². The Bertz CT molecular complexity index is 1090. The summed E-state index contributed by atoms with van der Waals surface area (Å²) in [5.74, 6) is -0.275. The molecule has 2 aromatic rings. The minimum absolute atomic E-state index is 0.157. The van der Waals surface area contributed by atoms with Gasteiger partial charge in [0, 0.05) is 26.2 Å². The van der Waals surface area contributed by atoms with Crippen molar-refractivity contribution in [2.45, 2.75) is 31.6 Å². The van der Waals surface area contributed by atoms with Gasteiger partial charge in [0.2, 0.25) is 10.0 Å². The minimum Gasteiger partial charge on any atom is -0.379 e. The summed E-state index contributed by atoms with van der Waals surface area (Å²) in [7, 11) is -3.69. The number of ether oxygens (including phenoxy) is 2. The summed E-state index contributed by atoms with van der Waals surface area (Å²) in [6.45, 7) is 7.77. The number of carbonyl (C=O) groups excluding carboxylic acids is 1. The molecule has 4 rings (SSSR count). The highest BCUT2D eigenvalue weighted by atomic mass is 32.2. The van der Waals surface area contributed by atoms with E-state index in [-0.39, 0.29) is 10.8 Å². The van der Waals surface area contributed by atoms with Crippen molar-refractivity contribution in [1.29, 1.82) is 0 Å². The normalized spacial score (nSPS) is 17.8. The molecule has 1 aromatic heterocycles. The third-order valence-electron chi connectivity index (χ3n) is 5.69. The van der Waals surface area contributed by atoms with Gasteiger partial charge in [-0.05, 0) is 38.0 Å². The summed E-state index contributed by atoms with van der Waals surface area (Å²) < 4.78 is 38.6. The fourth-order valence-corrected chi connectivity index (χ4v) is 6.45. The number of sulfonamides is 1. The van der Waals surface area contributed by atoms with Crippen LogP contribution in [0.3, 0.4) is 0 Å². The predicted octanol–water partition coefficient (Wildman–Crippen LogP) is 2.51. The highest BCUT2D eigenvalue weighted by molar-refractivity contribution is 7.89. The SMILES string of the molecule is CCCc1nc(C)c(C(=O)Nc2cc(S(=O)(=O)N3CCOCC3)ccc2N2CCOCC2)s1. The average Bonchev–Trinajstić information content (AvgIpc) is 3.20. The molecule has 2 aliphatic heterocycles. The number of nitrogens with one attached hydrogen (secondary N) is 1. The molecule has 33 heavy (non-hydrogen) atoms. The third-order valence-corrected chi connectivity index (χ3v) is 8.80. The summed E-state index contributed by atoms with van der Waals surface area (Å²) in [5, 5.41) is 3.91. The lowest BCUT2D eigenvalue weighted by molar-refractivity contribution is 0.0730. The van der Waals surface area contributed by atoms with Crippen LogP contribution in [-0.4, -0.2) is 76.2 Å². The van der Waals surface area contributed by atoms with Crippen molar-refractivity contribution in [3.8, 4) is 0 Å². The molecule has 1 N–H and O–H groups in total. The Morgan fingerprint density at radius 2 is 1.79 bits per heavy atom. The first-order valence-electron chi connectivity index (χ1n) is 11.2. The third kappa shape index (κ3) is 5.38. The van der Waals surface area contributed by atoms with Gasteiger partial charge in [0.05, 0.1) is 53.4 Å². The number of hydrogen-bond acceptors (Lipinski definition) is 8. The Balaban J connectivity index is 1.67. The molecule has 2 saturated heterocycles. The summed E-state index contributed by atoms with van der Waals surface area (Å²) in [5.41, 5.74) is 1.94. The monoisotopic (exact) mass is 494 g/mol. The van der Waals surface area contributed by atoms with Gasteiger partial charge in [-0.15, -0.1) is 11.3 Å². The molecule has 0 atom stereocenters. The first-order valence-corrected chi connectivity index (χ1v) is 13.5. The number of anilines is 2. The maximum Gasteiger partial charge on any atom is 0.267 e. The van der Waals surface area contributed by atoms with E-state index in [0.717, 1.165) is 23.5 Å². The number of nitrogens with zero attached hydrogens (tertiary/aromatic N) is 3. The van der Waals surface area contributed by atoms with E-state index in [1.165, 1.54) is 15.6 Å². The molecular weight excluding hydrogens is 464 g/mol. The Morgan fingerprint density at radius 3 is 2.45 bits per heavy atom. The van der Waals surface area contributed by atoms with Crippen LogP contribution < -0.4 is 10.2 Å². The van der Waals surface area contributed by atoms with Gasteiger partial charge >= 0.3 is 0 Å². The van der Waals surface area contributed by atoms with E-state index in [1.807, 2.05) is 6.92 Å². The molecule has 3 heterocycles. The van der Waals surface area contributed by atoms with Gasteiger partial charge in [-0.3, -0.25) is 4.79 Å². The Hall–Kier alpha value is -2.05. The van der Waals surface area contributed by atoms with Crippen LogP contribution in [0.15, 0.2) is 23.1 Å². The van der Waals surface area contributed by atoms with Gasteiger partial charge in [-0.1, -0.05) is 6.92 Å². The van der Waals surface area contributed by atoms with Crippen molar-refractivity contribution in [1.82, 2.24) is 9.29 Å². The number of thiazole rings is 1. The Kier molecular flexibility index (Phi) is 7.65. The second-order valence-corrected chi connectivity index (χ2v) is 11.0. The van der Waals surface area contributed by atoms with Gasteiger partial charge in [0.25, 0.3) is 5.91 Å². The second kappa shape index (κ2) is 10.5. The molecule has 0 saturated carbocycles. The standard InChI is InChI=1S/C22H30N4O5S2/c1-3-4-20-23-16(2)21(32-20)22(27)24-18-15-17(33(28,29)26-9-13-31-14-10-26)5-6-19(18)25-7-11-30-12-8-25/h5-6,15H,3-4,7-14H2,1-2H3,(H,24,27). The highest BCUT2D eigenvalue weighted by Crippen LogP contribution is 2.32. The fourth-order valence-electron chi connectivity index (χ4n) is 3.95. The molecule has 0 aliphatic carbocycles. The predicted molar refractivity (Wildman–Crippen MR) is 128 cm³/mol. The van der Waals surface area contributed by atoms with Crippen LogP contribution in [0.5, 0.6) is 0 Å². The number of rotatable bonds is 7. The number of aromatic nitrogens is 1. The largest absolute Gasteiger partial charge is 0.379 e. The highest BCUT2D eigenvalue weighted by Gasteiger charge is 2.28. The van der Waals surface area contributed by atoms with Gasteiger partial charge in [-0.2, -0.15) is 4.31 Å². The molecule has 2 aliphatic rings. The molecular formula is C22H30N4O5S2. The maximum absolute atomic E-state index is 13.2. The zero-order valence-electron chi connectivity index (χ0n) is 19.0.